The minimum Gasteiger partial charge on any atom is -0.355 e. The summed E-state index contributed by atoms with van der Waals surface area (Å²) < 4.78 is 0. The van der Waals surface area contributed by atoms with E-state index in [0.717, 1.165) is 0 Å². The fourth-order valence-electron chi connectivity index (χ4n) is 2.40. The third-order valence-corrected chi connectivity index (χ3v) is 4.64. The van der Waals surface area contributed by atoms with Crippen LogP contribution in [0.1, 0.15) is 48.5 Å². The van der Waals surface area contributed by atoms with Crippen LogP contribution in [0.3, 0.4) is 0 Å². The van der Waals surface area contributed by atoms with Crippen LogP contribution in [0.2, 0.25) is 0 Å². The van der Waals surface area contributed by atoms with Crippen molar-refractivity contribution >= 4 is 25.6 Å². The monoisotopic (exact) mass is 382 g/mol. The summed E-state index contributed by atoms with van der Waals surface area (Å²) in [6.45, 7) is 15.5. The van der Waals surface area contributed by atoms with Crippen LogP contribution in [-0.2, 0) is 14.4 Å². The highest BCUT2D eigenvalue weighted by Gasteiger charge is 2.22. The summed E-state index contributed by atoms with van der Waals surface area (Å²) in [5, 5.41) is 8.89. The van der Waals surface area contributed by atoms with Gasteiger partial charge in [-0.05, 0) is 12.9 Å². The summed E-state index contributed by atoms with van der Waals surface area (Å²) in [5.41, 5.74) is 0. The molecule has 0 spiro atoms. The van der Waals surface area contributed by atoms with Crippen LogP contribution in [0.25, 0.3) is 0 Å². The first-order valence-corrected chi connectivity index (χ1v) is 10.1. The van der Waals surface area contributed by atoms with E-state index in [4.69, 9.17) is 0 Å². The summed E-state index contributed by atoms with van der Waals surface area (Å²) in [6, 6.07) is -0.0403. The molecule has 2 unspecified atom stereocenters. The molecule has 0 aromatic rings. The summed E-state index contributed by atoms with van der Waals surface area (Å²) in [6.07, 6.45) is 0. The Bertz CT molecular complexity index is 458. The molecule has 3 N–H and O–H groups in total. The van der Waals surface area contributed by atoms with Crippen LogP contribution < -0.4 is 16.0 Å². The Kier molecular flexibility index (Phi) is 12.0. The maximum Gasteiger partial charge on any atom is 0.222 e. The average molecular weight is 382 g/mol. The van der Waals surface area contributed by atoms with Gasteiger partial charge in [0.2, 0.25) is 17.7 Å². The maximum absolute atomic E-state index is 12.0. The van der Waals surface area contributed by atoms with Crippen LogP contribution in [0, 0.1) is 17.8 Å². The Morgan fingerprint density at radius 1 is 0.741 bits per heavy atom. The van der Waals surface area contributed by atoms with E-state index >= 15 is 0 Å². The van der Waals surface area contributed by atoms with E-state index in [2.05, 4.69) is 28.7 Å². The number of nitrogens with one attached hydrogen (secondary N) is 3. The fraction of sp³-hybridized carbons (Fsp3) is 0.842. The molecule has 2 atom stereocenters. The van der Waals surface area contributed by atoms with Gasteiger partial charge in [0.1, 0.15) is 7.85 Å². The van der Waals surface area contributed by atoms with E-state index in [-0.39, 0.29) is 47.5 Å². The molecule has 27 heavy (non-hydrogen) atoms. The minimum absolute atomic E-state index is 0.0236. The van der Waals surface area contributed by atoms with Gasteiger partial charge in [-0.1, -0.05) is 41.5 Å². The zero-order chi connectivity index (χ0) is 21.1. The van der Waals surface area contributed by atoms with Crippen molar-refractivity contribution in [3.05, 3.63) is 0 Å². The minimum atomic E-state index is -0.0660. The number of carbonyl (C=O) groups excluding carboxylic acids is 3. The lowest BCUT2D eigenvalue weighted by Crippen LogP contribution is -2.54. The van der Waals surface area contributed by atoms with Crippen molar-refractivity contribution in [3.63, 3.8) is 0 Å². The molecule has 0 bridgehead atoms. The smallest absolute Gasteiger partial charge is 0.222 e. The van der Waals surface area contributed by atoms with E-state index in [0.29, 0.717) is 26.2 Å². The van der Waals surface area contributed by atoms with Crippen LogP contribution in [0.5, 0.6) is 0 Å². The van der Waals surface area contributed by atoms with Crippen molar-refractivity contribution in [2.24, 2.45) is 17.8 Å². The Hall–Kier alpha value is -1.57. The highest BCUT2D eigenvalue weighted by Crippen LogP contribution is 2.03. The SMILES string of the molecule is BC(C(C)NC(=O)C(C)C)N(CCNC(=O)C(C)C)CCNC(=O)C(C)C. The van der Waals surface area contributed by atoms with E-state index in [9.17, 15) is 14.4 Å². The molecule has 0 rings (SSSR count). The highest BCUT2D eigenvalue weighted by atomic mass is 16.2. The molecule has 3 amide bonds. The number of carbonyl (C=O) groups is 3. The third kappa shape index (κ3) is 10.4. The zero-order valence-corrected chi connectivity index (χ0v) is 18.4. The molecule has 8 heteroatoms. The van der Waals surface area contributed by atoms with Crippen LogP contribution >= 0.6 is 0 Å². The fourth-order valence-corrected chi connectivity index (χ4v) is 2.40. The molecule has 0 saturated heterocycles. The molecule has 7 nitrogen and oxygen atoms in total. The lowest BCUT2D eigenvalue weighted by Gasteiger charge is -2.34. The molecular formula is C19H39BN4O3. The largest absolute Gasteiger partial charge is 0.355 e. The first-order valence-electron chi connectivity index (χ1n) is 10.1. The van der Waals surface area contributed by atoms with Gasteiger partial charge in [-0.3, -0.25) is 14.4 Å². The second-order valence-corrected chi connectivity index (χ2v) is 8.12. The molecule has 0 fully saturated rings. The summed E-state index contributed by atoms with van der Waals surface area (Å²) in [4.78, 5) is 37.7. The Labute approximate surface area is 165 Å². The van der Waals surface area contributed by atoms with E-state index in [1.807, 2.05) is 48.5 Å². The molecule has 0 aliphatic rings. The quantitative estimate of drug-likeness (QED) is 0.413. The molecular weight excluding hydrogens is 343 g/mol. The normalized spacial score (nSPS) is 13.7. The summed E-state index contributed by atoms with van der Waals surface area (Å²) in [5.74, 6) is -0.0245. The van der Waals surface area contributed by atoms with Gasteiger partial charge in [-0.2, -0.15) is 0 Å². The number of hydrogen-bond acceptors (Lipinski definition) is 4. The Morgan fingerprint density at radius 2 is 1.11 bits per heavy atom. The van der Waals surface area contributed by atoms with Gasteiger partial charge in [0, 0.05) is 50.0 Å². The van der Waals surface area contributed by atoms with Crippen molar-refractivity contribution < 1.29 is 14.4 Å². The second kappa shape index (κ2) is 12.8. The number of hydrogen-bond donors (Lipinski definition) is 3. The van der Waals surface area contributed by atoms with Gasteiger partial charge in [-0.25, -0.2) is 0 Å². The zero-order valence-electron chi connectivity index (χ0n) is 18.4. The van der Waals surface area contributed by atoms with Crippen LogP contribution in [0.15, 0.2) is 0 Å². The van der Waals surface area contributed by atoms with Crippen molar-refractivity contribution in [1.82, 2.24) is 20.9 Å². The molecule has 0 saturated carbocycles. The Balaban J connectivity index is 4.79. The molecule has 156 valence electrons. The van der Waals surface area contributed by atoms with Gasteiger partial charge >= 0.3 is 0 Å². The van der Waals surface area contributed by atoms with Crippen molar-refractivity contribution in [2.75, 3.05) is 26.2 Å². The maximum atomic E-state index is 12.0. The third-order valence-electron chi connectivity index (χ3n) is 4.64. The van der Waals surface area contributed by atoms with Crippen LogP contribution in [-0.4, -0.2) is 68.6 Å². The number of nitrogens with zero attached hydrogens (tertiary/aromatic N) is 1. The van der Waals surface area contributed by atoms with E-state index in [1.165, 1.54) is 0 Å². The first-order chi connectivity index (χ1) is 12.5. The van der Waals surface area contributed by atoms with Gasteiger partial charge < -0.3 is 20.9 Å². The lowest BCUT2D eigenvalue weighted by atomic mass is 9.87. The topological polar surface area (TPSA) is 90.5 Å². The molecule has 0 aromatic carbocycles. The molecule has 0 aliphatic carbocycles. The highest BCUT2D eigenvalue weighted by molar-refractivity contribution is 6.12. The average Bonchev–Trinajstić information content (AvgIpc) is 2.58. The van der Waals surface area contributed by atoms with Gasteiger partial charge in [-0.15, -0.1) is 0 Å². The Morgan fingerprint density at radius 3 is 1.44 bits per heavy atom. The van der Waals surface area contributed by atoms with Gasteiger partial charge in [0.15, 0.2) is 0 Å². The lowest BCUT2D eigenvalue weighted by molar-refractivity contribution is -0.125. The first kappa shape index (κ1) is 25.4. The summed E-state index contributed by atoms with van der Waals surface area (Å²) >= 11 is 0. The van der Waals surface area contributed by atoms with Crippen LogP contribution in [0.4, 0.5) is 0 Å². The van der Waals surface area contributed by atoms with Crippen molar-refractivity contribution in [3.8, 4) is 0 Å². The number of amides is 3. The predicted molar refractivity (Wildman–Crippen MR) is 112 cm³/mol. The molecule has 0 radical (unpaired) electrons. The second-order valence-electron chi connectivity index (χ2n) is 8.12. The molecule has 0 aromatic heterocycles. The van der Waals surface area contributed by atoms with E-state index < -0.39 is 0 Å². The van der Waals surface area contributed by atoms with Gasteiger partial charge in [0.05, 0.1) is 0 Å². The van der Waals surface area contributed by atoms with Crippen molar-refractivity contribution in [1.29, 1.82) is 0 Å². The number of rotatable bonds is 12. The molecule has 0 heterocycles. The molecule has 0 aliphatic heterocycles. The standard InChI is InChI=1S/C19H39BN4O3/c1-12(2)17(25)21-8-10-24(11-9-22-18(26)13(3)4)16(20)15(7)23-19(27)14(5)6/h12-16H,8-11,20H2,1-7H3,(H,21,25)(H,22,26)(H,23,27). The van der Waals surface area contributed by atoms with Gasteiger partial charge in [0.25, 0.3) is 0 Å². The van der Waals surface area contributed by atoms with Crippen molar-refractivity contribution in [2.45, 2.75) is 60.4 Å². The summed E-state index contributed by atoms with van der Waals surface area (Å²) in [7, 11) is 2.06. The predicted octanol–water partition coefficient (Wildman–Crippen LogP) is -0.0473. The van der Waals surface area contributed by atoms with E-state index in [1.54, 1.807) is 0 Å².